The molecule has 1 aromatic heterocycles. The SMILES string of the molecule is COC(=O)[C@@H]1[C@H]2C[C@H]3c4c(c5ccccc5n4C(=O)OCc4ccccc4)CCN3C[C@@H]2C=C[C@@H]1OC(=O)c1ccccc1. The summed E-state index contributed by atoms with van der Waals surface area (Å²) >= 11 is 0. The molecule has 0 N–H and O–H groups in total. The Hall–Kier alpha value is -4.69. The van der Waals surface area contributed by atoms with Crippen LogP contribution in [0.4, 0.5) is 4.79 Å². The molecule has 0 bridgehead atoms. The molecular formula is C36H34N2O6. The van der Waals surface area contributed by atoms with Crippen molar-refractivity contribution in [1.82, 2.24) is 9.47 Å². The second-order valence-electron chi connectivity index (χ2n) is 11.8. The Kier molecular flexibility index (Phi) is 7.52. The maximum Gasteiger partial charge on any atom is 0.419 e. The highest BCUT2D eigenvalue weighted by atomic mass is 16.6. The minimum Gasteiger partial charge on any atom is -0.469 e. The van der Waals surface area contributed by atoms with Gasteiger partial charge in [-0.2, -0.15) is 0 Å². The minimum absolute atomic E-state index is 0.0754. The van der Waals surface area contributed by atoms with E-state index in [1.807, 2.05) is 60.7 Å². The van der Waals surface area contributed by atoms with E-state index in [1.165, 1.54) is 7.11 Å². The van der Waals surface area contributed by atoms with E-state index in [1.54, 1.807) is 28.8 Å². The standard InChI is InChI=1S/C36H34N2O6/c1-42-35(40)32-28-20-30-33-27(26-14-8-9-15-29(26)38(33)36(41)43-22-23-10-4-2-5-11-23)18-19-37(30)21-25(28)16-17-31(32)44-34(39)24-12-6-3-7-13-24/h2-17,25,28,30-32H,18-22H2,1H3/t25-,28-,30-,31-,32+/m0/s1. The molecule has 1 fully saturated rings. The Balaban J connectivity index is 1.23. The van der Waals surface area contributed by atoms with Gasteiger partial charge in [0.15, 0.2) is 0 Å². The van der Waals surface area contributed by atoms with Crippen LogP contribution in [-0.2, 0) is 32.0 Å². The Morgan fingerprint density at radius 3 is 2.39 bits per heavy atom. The van der Waals surface area contributed by atoms with Gasteiger partial charge < -0.3 is 14.2 Å². The molecule has 5 atom stereocenters. The first kappa shape index (κ1) is 28.1. The van der Waals surface area contributed by atoms with Crippen molar-refractivity contribution in [2.45, 2.75) is 31.6 Å². The van der Waals surface area contributed by atoms with Gasteiger partial charge in [-0.15, -0.1) is 0 Å². The number of piperidine rings is 1. The molecule has 3 aromatic carbocycles. The monoisotopic (exact) mass is 590 g/mol. The van der Waals surface area contributed by atoms with Crippen LogP contribution < -0.4 is 0 Å². The summed E-state index contributed by atoms with van der Waals surface area (Å²) in [5.74, 6) is -1.63. The summed E-state index contributed by atoms with van der Waals surface area (Å²) in [5.41, 5.74) is 4.23. The van der Waals surface area contributed by atoms with Crippen molar-refractivity contribution in [3.63, 3.8) is 0 Å². The van der Waals surface area contributed by atoms with E-state index >= 15 is 0 Å². The molecule has 8 heteroatoms. The predicted molar refractivity (Wildman–Crippen MR) is 164 cm³/mol. The summed E-state index contributed by atoms with van der Waals surface area (Å²) in [6.07, 6.45) is 4.17. The van der Waals surface area contributed by atoms with Gasteiger partial charge in [-0.05, 0) is 60.1 Å². The van der Waals surface area contributed by atoms with Crippen LogP contribution in [0.1, 0.15) is 39.6 Å². The summed E-state index contributed by atoms with van der Waals surface area (Å²) in [7, 11) is 1.38. The first-order valence-corrected chi connectivity index (χ1v) is 15.1. The molecule has 8 nitrogen and oxygen atoms in total. The van der Waals surface area contributed by atoms with E-state index in [0.29, 0.717) is 12.0 Å². The molecule has 224 valence electrons. The fraction of sp³-hybridized carbons (Fsp3) is 0.306. The lowest BCUT2D eigenvalue weighted by Gasteiger charge is -2.49. The van der Waals surface area contributed by atoms with Crippen molar-refractivity contribution in [3.8, 4) is 0 Å². The lowest BCUT2D eigenvalue weighted by molar-refractivity contribution is -0.154. The van der Waals surface area contributed by atoms with Crippen molar-refractivity contribution >= 4 is 28.9 Å². The molecule has 4 aromatic rings. The maximum atomic E-state index is 13.8. The number of ether oxygens (including phenoxy) is 3. The molecule has 0 unspecified atom stereocenters. The molecule has 0 amide bonds. The third kappa shape index (κ3) is 4.99. The Bertz CT molecular complexity index is 1730. The van der Waals surface area contributed by atoms with E-state index in [4.69, 9.17) is 14.2 Å². The predicted octanol–water partition coefficient (Wildman–Crippen LogP) is 5.95. The van der Waals surface area contributed by atoms with Gasteiger partial charge in [0.25, 0.3) is 0 Å². The molecule has 7 rings (SSSR count). The zero-order valence-electron chi connectivity index (χ0n) is 24.5. The van der Waals surface area contributed by atoms with Gasteiger partial charge in [0.05, 0.1) is 29.9 Å². The molecule has 2 aliphatic heterocycles. The number of methoxy groups -OCH3 is 1. The van der Waals surface area contributed by atoms with Crippen LogP contribution in [0.5, 0.6) is 0 Å². The van der Waals surface area contributed by atoms with Crippen LogP contribution in [0.3, 0.4) is 0 Å². The average Bonchev–Trinajstić information content (AvgIpc) is 3.42. The van der Waals surface area contributed by atoms with Gasteiger partial charge >= 0.3 is 18.0 Å². The van der Waals surface area contributed by atoms with Gasteiger partial charge in [0, 0.05) is 18.5 Å². The van der Waals surface area contributed by atoms with Gasteiger partial charge in [0.1, 0.15) is 18.6 Å². The highest BCUT2D eigenvalue weighted by molar-refractivity contribution is 5.94. The van der Waals surface area contributed by atoms with E-state index in [-0.39, 0.29) is 24.5 Å². The summed E-state index contributed by atoms with van der Waals surface area (Å²) in [4.78, 5) is 42.6. The molecule has 0 spiro atoms. The highest BCUT2D eigenvalue weighted by Gasteiger charge is 2.50. The number of aromatic nitrogens is 1. The Labute approximate surface area is 255 Å². The zero-order valence-corrected chi connectivity index (χ0v) is 24.5. The molecule has 3 heterocycles. The smallest absolute Gasteiger partial charge is 0.419 e. The Morgan fingerprint density at radius 2 is 1.61 bits per heavy atom. The number of benzene rings is 3. The van der Waals surface area contributed by atoms with Crippen molar-refractivity contribution in [3.05, 3.63) is 119 Å². The van der Waals surface area contributed by atoms with Crippen LogP contribution in [0, 0.1) is 17.8 Å². The van der Waals surface area contributed by atoms with Crippen LogP contribution >= 0.6 is 0 Å². The van der Waals surface area contributed by atoms with E-state index < -0.39 is 30.1 Å². The summed E-state index contributed by atoms with van der Waals surface area (Å²) in [6.45, 7) is 1.74. The first-order chi connectivity index (χ1) is 21.5. The second kappa shape index (κ2) is 11.8. The lowest BCUT2D eigenvalue weighted by Crippen LogP contribution is -2.52. The molecule has 44 heavy (non-hydrogen) atoms. The number of carbonyl (C=O) groups is 3. The number of hydrogen-bond donors (Lipinski definition) is 0. The second-order valence-corrected chi connectivity index (χ2v) is 11.8. The van der Waals surface area contributed by atoms with E-state index in [9.17, 15) is 14.4 Å². The van der Waals surface area contributed by atoms with E-state index in [0.717, 1.165) is 47.2 Å². The lowest BCUT2D eigenvalue weighted by atomic mass is 9.67. The number of esters is 2. The highest BCUT2D eigenvalue weighted by Crippen LogP contribution is 2.49. The average molecular weight is 591 g/mol. The zero-order chi connectivity index (χ0) is 30.2. The van der Waals surface area contributed by atoms with Gasteiger partial charge in [-0.25, -0.2) is 14.2 Å². The first-order valence-electron chi connectivity index (χ1n) is 15.1. The van der Waals surface area contributed by atoms with Gasteiger partial charge in [-0.1, -0.05) is 72.8 Å². The number of nitrogens with zero attached hydrogens (tertiary/aromatic N) is 2. The third-order valence-corrected chi connectivity index (χ3v) is 9.39. The number of para-hydroxylation sites is 1. The summed E-state index contributed by atoms with van der Waals surface area (Å²) in [5, 5.41) is 1.05. The Morgan fingerprint density at radius 1 is 0.886 bits per heavy atom. The van der Waals surface area contributed by atoms with Crippen LogP contribution in [0.25, 0.3) is 10.9 Å². The topological polar surface area (TPSA) is 87.1 Å². The maximum absolute atomic E-state index is 13.8. The van der Waals surface area contributed by atoms with Gasteiger partial charge in [0.2, 0.25) is 0 Å². The molecule has 0 radical (unpaired) electrons. The number of hydrogen-bond acceptors (Lipinski definition) is 7. The number of carbonyl (C=O) groups excluding carboxylic acids is 3. The van der Waals surface area contributed by atoms with Crippen LogP contribution in [0.2, 0.25) is 0 Å². The summed E-state index contributed by atoms with van der Waals surface area (Å²) in [6, 6.07) is 26.3. The normalized spacial score (nSPS) is 24.1. The number of rotatable bonds is 5. The molecular weight excluding hydrogens is 556 g/mol. The third-order valence-electron chi connectivity index (χ3n) is 9.39. The molecule has 3 aliphatic rings. The van der Waals surface area contributed by atoms with Crippen molar-refractivity contribution in [1.29, 1.82) is 0 Å². The molecule has 1 saturated heterocycles. The molecule has 0 saturated carbocycles. The minimum atomic E-state index is -0.757. The van der Waals surface area contributed by atoms with Crippen molar-refractivity contribution in [2.24, 2.45) is 17.8 Å². The fourth-order valence-electron chi connectivity index (χ4n) is 7.38. The van der Waals surface area contributed by atoms with Crippen molar-refractivity contribution < 1.29 is 28.6 Å². The van der Waals surface area contributed by atoms with Crippen molar-refractivity contribution in [2.75, 3.05) is 20.2 Å². The quantitative estimate of drug-likeness (QED) is 0.161. The van der Waals surface area contributed by atoms with Crippen LogP contribution in [-0.4, -0.2) is 53.8 Å². The van der Waals surface area contributed by atoms with E-state index in [2.05, 4.69) is 17.0 Å². The van der Waals surface area contributed by atoms with Gasteiger partial charge in [-0.3, -0.25) is 9.69 Å². The van der Waals surface area contributed by atoms with Crippen LogP contribution in [0.15, 0.2) is 97.1 Å². The fourth-order valence-corrected chi connectivity index (χ4v) is 7.38. The molecule has 1 aliphatic carbocycles. The number of fused-ring (bicyclic) bond motifs is 6. The largest absolute Gasteiger partial charge is 0.469 e. The summed E-state index contributed by atoms with van der Waals surface area (Å²) < 4.78 is 18.8.